The predicted molar refractivity (Wildman–Crippen MR) is 84.4 cm³/mol. The van der Waals surface area contributed by atoms with Crippen LogP contribution in [0.15, 0.2) is 18.2 Å². The van der Waals surface area contributed by atoms with Crippen LogP contribution in [-0.2, 0) is 5.33 Å². The summed E-state index contributed by atoms with van der Waals surface area (Å²) in [5.74, 6) is 1.73. The van der Waals surface area contributed by atoms with Crippen LogP contribution in [0.2, 0.25) is 0 Å². The predicted octanol–water partition coefficient (Wildman–Crippen LogP) is 4.69. The Hall–Kier alpha value is -1.21. The van der Waals surface area contributed by atoms with E-state index in [0.717, 1.165) is 41.7 Å². The molecule has 1 rings (SSSR count). The SMILES string of the molecule is COc1ccc(OCCCCC(C)(C)C#N)c(CBr)c1. The Bertz CT molecular complexity index is 466. The Morgan fingerprint density at radius 2 is 2.05 bits per heavy atom. The van der Waals surface area contributed by atoms with Crippen molar-refractivity contribution in [2.24, 2.45) is 5.41 Å². The summed E-state index contributed by atoms with van der Waals surface area (Å²) in [6, 6.07) is 8.14. The van der Waals surface area contributed by atoms with Crippen LogP contribution in [0.3, 0.4) is 0 Å². The highest BCUT2D eigenvalue weighted by molar-refractivity contribution is 9.08. The van der Waals surface area contributed by atoms with E-state index in [1.165, 1.54) is 0 Å². The van der Waals surface area contributed by atoms with E-state index in [4.69, 9.17) is 14.7 Å². The topological polar surface area (TPSA) is 42.2 Å². The molecule has 110 valence electrons. The summed E-state index contributed by atoms with van der Waals surface area (Å²) >= 11 is 3.46. The van der Waals surface area contributed by atoms with Gasteiger partial charge in [0.25, 0.3) is 0 Å². The number of halogens is 1. The van der Waals surface area contributed by atoms with Crippen molar-refractivity contribution in [1.29, 1.82) is 5.26 Å². The first-order valence-corrected chi connectivity index (χ1v) is 7.91. The molecule has 1 aromatic carbocycles. The average Bonchev–Trinajstić information content (AvgIpc) is 2.46. The highest BCUT2D eigenvalue weighted by atomic mass is 79.9. The van der Waals surface area contributed by atoms with Crippen molar-refractivity contribution in [3.05, 3.63) is 23.8 Å². The van der Waals surface area contributed by atoms with Crippen LogP contribution in [0.25, 0.3) is 0 Å². The van der Waals surface area contributed by atoms with Gasteiger partial charge in [-0.1, -0.05) is 15.9 Å². The summed E-state index contributed by atoms with van der Waals surface area (Å²) in [4.78, 5) is 0. The zero-order chi connectivity index (χ0) is 15.0. The average molecular weight is 340 g/mol. The van der Waals surface area contributed by atoms with Gasteiger partial charge in [-0.25, -0.2) is 0 Å². The molecule has 0 aliphatic heterocycles. The van der Waals surface area contributed by atoms with Crippen LogP contribution in [-0.4, -0.2) is 13.7 Å². The van der Waals surface area contributed by atoms with E-state index in [9.17, 15) is 0 Å². The van der Waals surface area contributed by atoms with Crippen molar-refractivity contribution >= 4 is 15.9 Å². The number of unbranched alkanes of at least 4 members (excludes halogenated alkanes) is 1. The van der Waals surface area contributed by atoms with E-state index in [1.54, 1.807) is 7.11 Å². The van der Waals surface area contributed by atoms with Gasteiger partial charge in [0.15, 0.2) is 0 Å². The first-order chi connectivity index (χ1) is 9.52. The molecule has 0 N–H and O–H groups in total. The van der Waals surface area contributed by atoms with Gasteiger partial charge in [0.2, 0.25) is 0 Å². The molecule has 0 amide bonds. The van der Waals surface area contributed by atoms with Crippen LogP contribution in [0.5, 0.6) is 11.5 Å². The summed E-state index contributed by atoms with van der Waals surface area (Å²) < 4.78 is 11.0. The number of hydrogen-bond acceptors (Lipinski definition) is 3. The lowest BCUT2D eigenvalue weighted by molar-refractivity contribution is 0.292. The molecule has 0 fully saturated rings. The van der Waals surface area contributed by atoms with Crippen LogP contribution < -0.4 is 9.47 Å². The molecule has 0 radical (unpaired) electrons. The summed E-state index contributed by atoms with van der Waals surface area (Å²) in [7, 11) is 1.66. The standard InChI is InChI=1S/C16H22BrNO2/c1-16(2,12-18)8-4-5-9-20-15-7-6-14(19-3)10-13(15)11-17/h6-7,10H,4-5,8-9,11H2,1-3H3. The lowest BCUT2D eigenvalue weighted by Gasteiger charge is -2.15. The van der Waals surface area contributed by atoms with Crippen molar-refractivity contribution in [2.45, 2.75) is 38.4 Å². The number of alkyl halides is 1. The fourth-order valence-corrected chi connectivity index (χ4v) is 2.27. The van der Waals surface area contributed by atoms with Crippen LogP contribution >= 0.6 is 15.9 Å². The molecular formula is C16H22BrNO2. The van der Waals surface area contributed by atoms with Crippen LogP contribution in [0.1, 0.15) is 38.7 Å². The Kier molecular flexibility index (Phi) is 6.87. The van der Waals surface area contributed by atoms with E-state index >= 15 is 0 Å². The van der Waals surface area contributed by atoms with Gasteiger partial charge in [-0.3, -0.25) is 0 Å². The largest absolute Gasteiger partial charge is 0.497 e. The summed E-state index contributed by atoms with van der Waals surface area (Å²) in [6.07, 6.45) is 2.86. The quantitative estimate of drug-likeness (QED) is 0.509. The number of rotatable bonds is 8. The fourth-order valence-electron chi connectivity index (χ4n) is 1.84. The van der Waals surface area contributed by atoms with Crippen molar-refractivity contribution in [3.63, 3.8) is 0 Å². The van der Waals surface area contributed by atoms with Gasteiger partial charge < -0.3 is 9.47 Å². The molecule has 0 atom stereocenters. The highest BCUT2D eigenvalue weighted by Gasteiger charge is 2.15. The molecule has 20 heavy (non-hydrogen) atoms. The molecular weight excluding hydrogens is 318 g/mol. The van der Waals surface area contributed by atoms with Crippen molar-refractivity contribution in [3.8, 4) is 17.6 Å². The second-order valence-electron chi connectivity index (χ2n) is 5.41. The van der Waals surface area contributed by atoms with Crippen LogP contribution in [0.4, 0.5) is 0 Å². The van der Waals surface area contributed by atoms with E-state index in [2.05, 4.69) is 22.0 Å². The van der Waals surface area contributed by atoms with E-state index in [0.29, 0.717) is 6.61 Å². The molecule has 3 nitrogen and oxygen atoms in total. The Labute approximate surface area is 130 Å². The van der Waals surface area contributed by atoms with Gasteiger partial charge in [0.05, 0.1) is 25.2 Å². The third-order valence-corrected chi connectivity index (χ3v) is 3.77. The normalized spacial score (nSPS) is 10.9. The lowest BCUT2D eigenvalue weighted by atomic mass is 9.89. The van der Waals surface area contributed by atoms with Gasteiger partial charge in [0.1, 0.15) is 11.5 Å². The van der Waals surface area contributed by atoms with Gasteiger partial charge in [-0.2, -0.15) is 5.26 Å². The molecule has 0 unspecified atom stereocenters. The number of hydrogen-bond donors (Lipinski definition) is 0. The first-order valence-electron chi connectivity index (χ1n) is 6.79. The maximum absolute atomic E-state index is 8.95. The summed E-state index contributed by atoms with van der Waals surface area (Å²) in [5, 5.41) is 9.69. The Balaban J connectivity index is 2.41. The maximum Gasteiger partial charge on any atom is 0.123 e. The van der Waals surface area contributed by atoms with Crippen LogP contribution in [0, 0.1) is 16.7 Å². The van der Waals surface area contributed by atoms with Gasteiger partial charge in [0, 0.05) is 10.9 Å². The summed E-state index contributed by atoms with van der Waals surface area (Å²) in [5.41, 5.74) is 0.850. The fraction of sp³-hybridized carbons (Fsp3) is 0.562. The van der Waals surface area contributed by atoms with E-state index in [1.807, 2.05) is 32.0 Å². The van der Waals surface area contributed by atoms with Crippen molar-refractivity contribution in [1.82, 2.24) is 0 Å². The van der Waals surface area contributed by atoms with Gasteiger partial charge in [-0.15, -0.1) is 0 Å². The van der Waals surface area contributed by atoms with E-state index < -0.39 is 0 Å². The third kappa shape index (κ3) is 5.42. The molecule has 0 aliphatic carbocycles. The maximum atomic E-state index is 8.95. The molecule has 0 aliphatic rings. The Morgan fingerprint density at radius 1 is 1.30 bits per heavy atom. The number of benzene rings is 1. The van der Waals surface area contributed by atoms with E-state index in [-0.39, 0.29) is 5.41 Å². The zero-order valence-electron chi connectivity index (χ0n) is 12.4. The molecule has 0 saturated heterocycles. The smallest absolute Gasteiger partial charge is 0.123 e. The number of nitriles is 1. The monoisotopic (exact) mass is 339 g/mol. The second-order valence-corrected chi connectivity index (χ2v) is 5.97. The summed E-state index contributed by atoms with van der Waals surface area (Å²) in [6.45, 7) is 4.62. The number of ether oxygens (including phenoxy) is 2. The first kappa shape index (κ1) is 16.8. The minimum atomic E-state index is -0.235. The molecule has 0 aromatic heterocycles. The highest BCUT2D eigenvalue weighted by Crippen LogP contribution is 2.27. The molecule has 1 aromatic rings. The van der Waals surface area contributed by atoms with Crippen molar-refractivity contribution in [2.75, 3.05) is 13.7 Å². The minimum absolute atomic E-state index is 0.235. The molecule has 0 spiro atoms. The minimum Gasteiger partial charge on any atom is -0.497 e. The zero-order valence-corrected chi connectivity index (χ0v) is 14.0. The number of nitrogens with zero attached hydrogens (tertiary/aromatic N) is 1. The van der Waals surface area contributed by atoms with Gasteiger partial charge >= 0.3 is 0 Å². The molecule has 0 heterocycles. The molecule has 4 heteroatoms. The molecule has 0 bridgehead atoms. The Morgan fingerprint density at radius 3 is 2.65 bits per heavy atom. The van der Waals surface area contributed by atoms with Crippen molar-refractivity contribution < 1.29 is 9.47 Å². The second kappa shape index (κ2) is 8.16. The molecule has 0 saturated carbocycles. The van der Waals surface area contributed by atoms with Gasteiger partial charge in [-0.05, 0) is 51.3 Å². The third-order valence-electron chi connectivity index (χ3n) is 3.17. The number of methoxy groups -OCH3 is 1. The lowest BCUT2D eigenvalue weighted by Crippen LogP contribution is -2.08.